The molecule has 2 heterocycles. The van der Waals surface area contributed by atoms with Gasteiger partial charge in [-0.15, -0.1) is 0 Å². The number of pyridine rings is 2. The molecule has 2 aromatic heterocycles. The molecule has 0 aliphatic heterocycles. The Morgan fingerprint density at radius 3 is 2.00 bits per heavy atom. The highest BCUT2D eigenvalue weighted by Crippen LogP contribution is 2.13. The van der Waals surface area contributed by atoms with Crippen LogP contribution in [0.3, 0.4) is 0 Å². The van der Waals surface area contributed by atoms with Gasteiger partial charge in [0, 0.05) is 11.9 Å². The van der Waals surface area contributed by atoms with Crippen molar-refractivity contribution in [3.05, 3.63) is 59.7 Å². The van der Waals surface area contributed by atoms with Gasteiger partial charge in [0.2, 0.25) is 0 Å². The first-order valence-corrected chi connectivity index (χ1v) is 6.63. The van der Waals surface area contributed by atoms with Crippen molar-refractivity contribution >= 4 is 0 Å². The van der Waals surface area contributed by atoms with E-state index < -0.39 is 0 Å². The molecule has 0 aliphatic carbocycles. The smallest absolute Gasteiger partial charge is 0.144 e. The van der Waals surface area contributed by atoms with Crippen LogP contribution in [-0.2, 0) is 0 Å². The number of nitrogens with zero attached hydrogens (tertiary/aromatic N) is 2. The van der Waals surface area contributed by atoms with Crippen molar-refractivity contribution < 1.29 is 8.78 Å². The quantitative estimate of drug-likeness (QED) is 0.796. The van der Waals surface area contributed by atoms with Crippen molar-refractivity contribution in [1.29, 1.82) is 0 Å². The first kappa shape index (κ1) is 16.2. The van der Waals surface area contributed by atoms with Gasteiger partial charge in [0.15, 0.2) is 0 Å². The molecule has 20 heavy (non-hydrogen) atoms. The SMILES string of the molecule is CC(C)c1ccc(F)cn1.CC(C)c1ncccc1F. The maximum atomic E-state index is 12.8. The van der Waals surface area contributed by atoms with Crippen LogP contribution in [-0.4, -0.2) is 9.97 Å². The van der Waals surface area contributed by atoms with E-state index in [1.807, 2.05) is 27.7 Å². The molecule has 2 aromatic rings. The Morgan fingerprint density at radius 1 is 0.900 bits per heavy atom. The zero-order valence-corrected chi connectivity index (χ0v) is 12.3. The topological polar surface area (TPSA) is 25.8 Å². The van der Waals surface area contributed by atoms with Gasteiger partial charge in [-0.2, -0.15) is 0 Å². The largest absolute Gasteiger partial charge is 0.258 e. The summed E-state index contributed by atoms with van der Waals surface area (Å²) in [5, 5.41) is 0. The number of halogens is 2. The van der Waals surface area contributed by atoms with E-state index in [-0.39, 0.29) is 17.6 Å². The Kier molecular flexibility index (Phi) is 6.22. The second-order valence-corrected chi connectivity index (χ2v) is 5.08. The van der Waals surface area contributed by atoms with Crippen LogP contribution in [0.2, 0.25) is 0 Å². The lowest BCUT2D eigenvalue weighted by Gasteiger charge is -2.02. The highest BCUT2D eigenvalue weighted by atomic mass is 19.1. The maximum absolute atomic E-state index is 12.8. The molecule has 2 rings (SSSR count). The summed E-state index contributed by atoms with van der Waals surface area (Å²) in [5.41, 5.74) is 1.48. The molecule has 0 fully saturated rings. The number of aromatic nitrogens is 2. The lowest BCUT2D eigenvalue weighted by atomic mass is 10.1. The average molecular weight is 278 g/mol. The predicted octanol–water partition coefficient (Wildman–Crippen LogP) is 4.69. The van der Waals surface area contributed by atoms with Crippen molar-refractivity contribution in [2.24, 2.45) is 0 Å². The summed E-state index contributed by atoms with van der Waals surface area (Å²) < 4.78 is 25.1. The van der Waals surface area contributed by atoms with Gasteiger partial charge in [-0.05, 0) is 36.1 Å². The fourth-order valence-corrected chi connectivity index (χ4v) is 1.55. The Hall–Kier alpha value is -1.84. The summed E-state index contributed by atoms with van der Waals surface area (Å²) >= 11 is 0. The Balaban J connectivity index is 0.000000200. The molecule has 2 nitrogen and oxygen atoms in total. The molecule has 0 aliphatic rings. The lowest BCUT2D eigenvalue weighted by Crippen LogP contribution is -1.95. The minimum absolute atomic E-state index is 0.168. The van der Waals surface area contributed by atoms with Crippen molar-refractivity contribution in [1.82, 2.24) is 9.97 Å². The Morgan fingerprint density at radius 2 is 1.60 bits per heavy atom. The minimum atomic E-state index is -0.274. The van der Waals surface area contributed by atoms with Gasteiger partial charge in [0.25, 0.3) is 0 Å². The highest BCUT2D eigenvalue weighted by molar-refractivity contribution is 5.10. The van der Waals surface area contributed by atoms with Crippen molar-refractivity contribution in [2.75, 3.05) is 0 Å². The van der Waals surface area contributed by atoms with E-state index in [4.69, 9.17) is 0 Å². The zero-order chi connectivity index (χ0) is 15.1. The van der Waals surface area contributed by atoms with E-state index in [0.29, 0.717) is 11.6 Å². The molecule has 0 spiro atoms. The molecule has 0 amide bonds. The molecular formula is C16H20F2N2. The molecule has 0 saturated heterocycles. The van der Waals surface area contributed by atoms with Crippen LogP contribution < -0.4 is 0 Å². The van der Waals surface area contributed by atoms with Crippen molar-refractivity contribution in [2.45, 2.75) is 39.5 Å². The monoisotopic (exact) mass is 278 g/mol. The normalized spacial score (nSPS) is 10.4. The summed E-state index contributed by atoms with van der Waals surface area (Å²) in [6.07, 6.45) is 2.85. The summed E-state index contributed by atoms with van der Waals surface area (Å²) in [5.74, 6) is 0.0590. The van der Waals surface area contributed by atoms with Crippen molar-refractivity contribution in [3.63, 3.8) is 0 Å². The third-order valence-corrected chi connectivity index (χ3v) is 2.68. The molecule has 0 N–H and O–H groups in total. The number of rotatable bonds is 2. The fraction of sp³-hybridized carbons (Fsp3) is 0.375. The van der Waals surface area contributed by atoms with E-state index in [1.54, 1.807) is 18.3 Å². The van der Waals surface area contributed by atoms with Crippen LogP contribution >= 0.6 is 0 Å². The third-order valence-electron chi connectivity index (χ3n) is 2.68. The Bertz CT molecular complexity index is 522. The summed E-state index contributed by atoms with van der Waals surface area (Å²) in [7, 11) is 0. The molecular weight excluding hydrogens is 258 g/mol. The average Bonchev–Trinajstić information content (AvgIpc) is 2.40. The predicted molar refractivity (Wildman–Crippen MR) is 76.6 cm³/mol. The first-order valence-electron chi connectivity index (χ1n) is 6.63. The van der Waals surface area contributed by atoms with E-state index in [2.05, 4.69) is 9.97 Å². The van der Waals surface area contributed by atoms with E-state index in [0.717, 1.165) is 5.69 Å². The molecule has 0 aromatic carbocycles. The van der Waals surface area contributed by atoms with Gasteiger partial charge < -0.3 is 0 Å². The van der Waals surface area contributed by atoms with Gasteiger partial charge >= 0.3 is 0 Å². The van der Waals surface area contributed by atoms with Gasteiger partial charge in [-0.1, -0.05) is 27.7 Å². The first-order chi connectivity index (χ1) is 9.41. The molecule has 108 valence electrons. The standard InChI is InChI=1S/2C8H10FN/c1-6(2)8-4-3-7(9)5-10-8;1-6(2)8-7(9)4-3-5-10-8/h2*3-6H,1-2H3. The van der Waals surface area contributed by atoms with Gasteiger partial charge in [0.1, 0.15) is 11.6 Å². The zero-order valence-electron chi connectivity index (χ0n) is 12.3. The van der Waals surface area contributed by atoms with Crippen LogP contribution in [0.25, 0.3) is 0 Å². The molecule has 0 radical (unpaired) electrons. The number of hydrogen-bond acceptors (Lipinski definition) is 2. The lowest BCUT2D eigenvalue weighted by molar-refractivity contribution is 0.584. The molecule has 0 bridgehead atoms. The van der Waals surface area contributed by atoms with Crippen molar-refractivity contribution in [3.8, 4) is 0 Å². The molecule has 0 atom stereocenters. The molecule has 4 heteroatoms. The fourth-order valence-electron chi connectivity index (χ4n) is 1.55. The summed E-state index contributed by atoms with van der Waals surface area (Å²) in [4.78, 5) is 7.81. The highest BCUT2D eigenvalue weighted by Gasteiger charge is 2.05. The maximum Gasteiger partial charge on any atom is 0.144 e. The number of hydrogen-bond donors (Lipinski definition) is 0. The molecule has 0 unspecified atom stereocenters. The van der Waals surface area contributed by atoms with Gasteiger partial charge in [-0.3, -0.25) is 9.97 Å². The van der Waals surface area contributed by atoms with Gasteiger partial charge in [0.05, 0.1) is 11.9 Å². The van der Waals surface area contributed by atoms with Crippen LogP contribution in [0.5, 0.6) is 0 Å². The Labute approximate surface area is 118 Å². The van der Waals surface area contributed by atoms with Crippen LogP contribution in [0.1, 0.15) is 50.9 Å². The van der Waals surface area contributed by atoms with Gasteiger partial charge in [-0.25, -0.2) is 8.78 Å². The third kappa shape index (κ3) is 5.03. The summed E-state index contributed by atoms with van der Waals surface area (Å²) in [6, 6.07) is 6.17. The van der Waals surface area contributed by atoms with E-state index in [9.17, 15) is 8.78 Å². The summed E-state index contributed by atoms with van der Waals surface area (Å²) in [6.45, 7) is 7.90. The second-order valence-electron chi connectivity index (χ2n) is 5.08. The second kappa shape index (κ2) is 7.68. The molecule has 0 saturated carbocycles. The van der Waals surface area contributed by atoms with E-state index in [1.165, 1.54) is 18.3 Å². The van der Waals surface area contributed by atoms with E-state index >= 15 is 0 Å². The van der Waals surface area contributed by atoms with Crippen LogP contribution in [0.15, 0.2) is 36.7 Å². The minimum Gasteiger partial charge on any atom is -0.258 e. The van der Waals surface area contributed by atoms with Crippen LogP contribution in [0, 0.1) is 11.6 Å². The van der Waals surface area contributed by atoms with Crippen LogP contribution in [0.4, 0.5) is 8.78 Å².